The minimum absolute atomic E-state index is 0.0261. The van der Waals surface area contributed by atoms with E-state index in [0.29, 0.717) is 29.8 Å². The monoisotopic (exact) mass is 508 g/mol. The van der Waals surface area contributed by atoms with Crippen molar-refractivity contribution in [1.29, 1.82) is 5.26 Å². The van der Waals surface area contributed by atoms with Gasteiger partial charge in [-0.05, 0) is 29.8 Å². The molecule has 0 radical (unpaired) electrons. The molecule has 6 nitrogen and oxygen atoms in total. The largest absolute Gasteiger partial charge is 0.430 e. The summed E-state index contributed by atoms with van der Waals surface area (Å²) in [7, 11) is -3.49. The SMILES string of the molecule is CCS(=O)(=O)c1ccc(C(CC#N)NC(=O)c2ccc(C(O)(C(F)(F)F)C(F)(F)F)cc2)cc1. The van der Waals surface area contributed by atoms with Crippen LogP contribution in [0.5, 0.6) is 0 Å². The molecule has 2 aromatic carbocycles. The molecule has 0 aliphatic rings. The summed E-state index contributed by atoms with van der Waals surface area (Å²) in [4.78, 5) is 12.5. The lowest BCUT2D eigenvalue weighted by Crippen LogP contribution is -2.53. The second-order valence-corrected chi connectivity index (χ2v) is 9.42. The van der Waals surface area contributed by atoms with E-state index in [-0.39, 0.29) is 22.6 Å². The molecule has 13 heteroatoms. The highest BCUT2D eigenvalue weighted by atomic mass is 32.2. The molecule has 184 valence electrons. The smallest absolute Gasteiger partial charge is 0.369 e. The number of hydrogen-bond donors (Lipinski definition) is 2. The van der Waals surface area contributed by atoms with Gasteiger partial charge in [-0.2, -0.15) is 31.6 Å². The average molecular weight is 508 g/mol. The number of amides is 1. The van der Waals surface area contributed by atoms with Gasteiger partial charge in [0.05, 0.1) is 29.2 Å². The predicted molar refractivity (Wildman–Crippen MR) is 107 cm³/mol. The first kappa shape index (κ1) is 27.1. The summed E-state index contributed by atoms with van der Waals surface area (Å²) in [5.74, 6) is -1.06. The number of carbonyl (C=O) groups excluding carboxylic acids is 1. The van der Waals surface area contributed by atoms with E-state index < -0.39 is 45.3 Å². The van der Waals surface area contributed by atoms with Crippen LogP contribution in [0, 0.1) is 11.3 Å². The number of sulfone groups is 1. The highest BCUT2D eigenvalue weighted by molar-refractivity contribution is 7.91. The van der Waals surface area contributed by atoms with Crippen LogP contribution in [0.2, 0.25) is 0 Å². The summed E-state index contributed by atoms with van der Waals surface area (Å²) in [6.45, 7) is 1.46. The number of aliphatic hydroxyl groups is 1. The first-order valence-corrected chi connectivity index (χ1v) is 11.2. The van der Waals surface area contributed by atoms with Gasteiger partial charge in [0.1, 0.15) is 0 Å². The van der Waals surface area contributed by atoms with Crippen LogP contribution in [0.25, 0.3) is 0 Å². The molecule has 0 saturated heterocycles. The van der Waals surface area contributed by atoms with Crippen molar-refractivity contribution in [3.8, 4) is 6.07 Å². The Morgan fingerprint density at radius 2 is 1.50 bits per heavy atom. The van der Waals surface area contributed by atoms with E-state index in [4.69, 9.17) is 5.26 Å². The summed E-state index contributed by atoms with van der Waals surface area (Å²) in [6, 6.07) is 8.22. The molecular formula is C21H18F6N2O4S. The number of hydrogen-bond acceptors (Lipinski definition) is 5. The molecule has 1 amide bonds. The Kier molecular flexibility index (Phi) is 7.69. The highest BCUT2D eigenvalue weighted by Crippen LogP contribution is 2.49. The fraction of sp³-hybridized carbons (Fsp3) is 0.333. The van der Waals surface area contributed by atoms with Crippen molar-refractivity contribution in [3.63, 3.8) is 0 Å². The Bertz CT molecular complexity index is 1150. The topological polar surface area (TPSA) is 107 Å². The molecule has 0 heterocycles. The number of nitrogens with one attached hydrogen (secondary N) is 1. The third kappa shape index (κ3) is 5.34. The predicted octanol–water partition coefficient (Wildman–Crippen LogP) is 4.18. The van der Waals surface area contributed by atoms with Crippen LogP contribution in [-0.2, 0) is 15.4 Å². The van der Waals surface area contributed by atoms with Crippen molar-refractivity contribution in [3.05, 3.63) is 65.2 Å². The first-order valence-electron chi connectivity index (χ1n) is 9.55. The second kappa shape index (κ2) is 9.63. The minimum atomic E-state index is -6.07. The second-order valence-electron chi connectivity index (χ2n) is 7.14. The van der Waals surface area contributed by atoms with E-state index in [1.807, 2.05) is 6.07 Å². The van der Waals surface area contributed by atoms with Gasteiger partial charge in [0, 0.05) is 11.1 Å². The van der Waals surface area contributed by atoms with Gasteiger partial charge in [-0.15, -0.1) is 0 Å². The Labute approximate surface area is 190 Å². The van der Waals surface area contributed by atoms with Gasteiger partial charge in [-0.25, -0.2) is 8.42 Å². The number of benzene rings is 2. The van der Waals surface area contributed by atoms with E-state index in [1.54, 1.807) is 0 Å². The fourth-order valence-electron chi connectivity index (χ4n) is 3.01. The number of alkyl halides is 6. The molecule has 0 aromatic heterocycles. The Balaban J connectivity index is 2.30. The van der Waals surface area contributed by atoms with Gasteiger partial charge in [0.2, 0.25) is 0 Å². The first-order chi connectivity index (χ1) is 15.6. The Morgan fingerprint density at radius 3 is 1.91 bits per heavy atom. The molecule has 0 spiro atoms. The quantitative estimate of drug-likeness (QED) is 0.546. The third-order valence-electron chi connectivity index (χ3n) is 5.01. The van der Waals surface area contributed by atoms with E-state index in [1.165, 1.54) is 31.2 Å². The van der Waals surface area contributed by atoms with E-state index in [0.717, 1.165) is 0 Å². The lowest BCUT2D eigenvalue weighted by atomic mass is 9.91. The van der Waals surface area contributed by atoms with E-state index in [9.17, 15) is 44.7 Å². The molecule has 34 heavy (non-hydrogen) atoms. The van der Waals surface area contributed by atoms with Crippen LogP contribution < -0.4 is 5.32 Å². The lowest BCUT2D eigenvalue weighted by Gasteiger charge is -2.32. The zero-order chi connectivity index (χ0) is 25.9. The maximum absolute atomic E-state index is 13.0. The summed E-state index contributed by atoms with van der Waals surface area (Å²) in [6.07, 6.45) is -12.4. The molecule has 2 N–H and O–H groups in total. The third-order valence-corrected chi connectivity index (χ3v) is 6.76. The summed E-state index contributed by atoms with van der Waals surface area (Å²) in [5, 5.41) is 20.9. The minimum Gasteiger partial charge on any atom is -0.369 e. The van der Waals surface area contributed by atoms with Crippen LogP contribution in [0.3, 0.4) is 0 Å². The molecule has 0 aliphatic carbocycles. The fourth-order valence-corrected chi connectivity index (χ4v) is 3.89. The van der Waals surface area contributed by atoms with Gasteiger partial charge >= 0.3 is 12.4 Å². The van der Waals surface area contributed by atoms with Crippen molar-refractivity contribution < 1.29 is 44.7 Å². The van der Waals surface area contributed by atoms with Crippen LogP contribution in [0.1, 0.15) is 40.9 Å². The number of nitrogens with zero attached hydrogens (tertiary/aromatic N) is 1. The lowest BCUT2D eigenvalue weighted by molar-refractivity contribution is -0.376. The summed E-state index contributed by atoms with van der Waals surface area (Å²) >= 11 is 0. The molecule has 2 rings (SSSR count). The van der Waals surface area contributed by atoms with Crippen LogP contribution in [0.4, 0.5) is 26.3 Å². The molecule has 0 saturated carbocycles. The van der Waals surface area contributed by atoms with Crippen LogP contribution in [0.15, 0.2) is 53.4 Å². The van der Waals surface area contributed by atoms with Crippen molar-refractivity contribution >= 4 is 15.7 Å². The Hall–Kier alpha value is -3.11. The maximum Gasteiger partial charge on any atom is 0.430 e. The van der Waals surface area contributed by atoms with Crippen molar-refractivity contribution in [2.24, 2.45) is 0 Å². The number of halogens is 6. The molecule has 2 aromatic rings. The van der Waals surface area contributed by atoms with Crippen molar-refractivity contribution in [2.45, 2.75) is 42.2 Å². The molecule has 0 bridgehead atoms. The van der Waals surface area contributed by atoms with Gasteiger partial charge < -0.3 is 10.4 Å². The number of rotatable bonds is 7. The van der Waals surface area contributed by atoms with E-state index >= 15 is 0 Å². The summed E-state index contributed by atoms with van der Waals surface area (Å²) < 4.78 is 102. The number of carbonyl (C=O) groups is 1. The highest BCUT2D eigenvalue weighted by Gasteiger charge is 2.71. The van der Waals surface area contributed by atoms with Gasteiger partial charge in [0.15, 0.2) is 9.84 Å². The summed E-state index contributed by atoms with van der Waals surface area (Å²) in [5.41, 5.74) is -6.63. The van der Waals surface area contributed by atoms with Crippen LogP contribution >= 0.6 is 0 Å². The normalized spacial score (nSPS) is 13.7. The molecule has 0 fully saturated rings. The zero-order valence-corrected chi connectivity index (χ0v) is 18.2. The number of nitriles is 1. The van der Waals surface area contributed by atoms with Crippen LogP contribution in [-0.4, -0.2) is 37.5 Å². The van der Waals surface area contributed by atoms with Gasteiger partial charge in [-0.3, -0.25) is 4.79 Å². The van der Waals surface area contributed by atoms with Gasteiger partial charge in [0.25, 0.3) is 11.5 Å². The van der Waals surface area contributed by atoms with Crippen molar-refractivity contribution in [1.82, 2.24) is 5.32 Å². The van der Waals surface area contributed by atoms with Gasteiger partial charge in [-0.1, -0.05) is 31.2 Å². The Morgan fingerprint density at radius 1 is 1.00 bits per heavy atom. The maximum atomic E-state index is 13.0. The molecule has 1 atom stereocenters. The standard InChI is InChI=1S/C21H18F6N2O4S/c1-2-34(32,33)16-9-5-13(6-10-16)17(11-12-28)29-18(30)14-3-7-15(8-4-14)19(31,20(22,23)24)21(25,26)27/h3-10,17,31H,2,11H2,1H3,(H,29,30). The van der Waals surface area contributed by atoms with E-state index in [2.05, 4.69) is 5.32 Å². The molecule has 1 unspecified atom stereocenters. The zero-order valence-electron chi connectivity index (χ0n) is 17.4. The average Bonchev–Trinajstić information content (AvgIpc) is 2.76. The molecular weight excluding hydrogens is 490 g/mol. The molecule has 0 aliphatic heterocycles. The van der Waals surface area contributed by atoms with Crippen molar-refractivity contribution in [2.75, 3.05) is 5.75 Å².